The zero-order valence-corrected chi connectivity index (χ0v) is 14.2. The molecule has 6 nitrogen and oxygen atoms in total. The minimum atomic E-state index is -3.14. The van der Waals surface area contributed by atoms with Gasteiger partial charge in [0.15, 0.2) is 6.61 Å². The minimum Gasteiger partial charge on any atom is -0.484 e. The van der Waals surface area contributed by atoms with Crippen LogP contribution in [0.4, 0.5) is 0 Å². The van der Waals surface area contributed by atoms with E-state index < -0.39 is 10.0 Å². The molecule has 0 saturated carbocycles. The number of likely N-dealkylation sites (tertiary alicyclic amines) is 1. The second kappa shape index (κ2) is 8.31. The van der Waals surface area contributed by atoms with Crippen LogP contribution in [0.2, 0.25) is 0 Å². The van der Waals surface area contributed by atoms with Gasteiger partial charge in [0.2, 0.25) is 10.0 Å². The van der Waals surface area contributed by atoms with E-state index in [1.54, 1.807) is 11.8 Å². The Morgan fingerprint density at radius 1 is 1.26 bits per heavy atom. The van der Waals surface area contributed by atoms with Crippen LogP contribution in [-0.4, -0.2) is 51.2 Å². The maximum absolute atomic E-state index is 12.1. The summed E-state index contributed by atoms with van der Waals surface area (Å²) in [7, 11) is -3.14. The summed E-state index contributed by atoms with van der Waals surface area (Å²) in [6, 6.07) is 9.26. The van der Waals surface area contributed by atoms with Gasteiger partial charge in [0.25, 0.3) is 5.91 Å². The molecule has 0 atom stereocenters. The molecule has 1 fully saturated rings. The van der Waals surface area contributed by atoms with Crippen LogP contribution in [0, 0.1) is 5.92 Å². The van der Waals surface area contributed by atoms with Gasteiger partial charge < -0.3 is 9.64 Å². The number of carbonyl (C=O) groups is 1. The maximum atomic E-state index is 12.1. The van der Waals surface area contributed by atoms with Gasteiger partial charge in [0.1, 0.15) is 5.75 Å². The van der Waals surface area contributed by atoms with Crippen LogP contribution in [-0.2, 0) is 14.8 Å². The first-order chi connectivity index (χ1) is 11.0. The molecule has 0 unspecified atom stereocenters. The van der Waals surface area contributed by atoms with Gasteiger partial charge in [0, 0.05) is 19.6 Å². The van der Waals surface area contributed by atoms with Crippen molar-refractivity contribution in [3.05, 3.63) is 30.3 Å². The van der Waals surface area contributed by atoms with Crippen molar-refractivity contribution in [2.24, 2.45) is 5.92 Å². The summed E-state index contributed by atoms with van der Waals surface area (Å²) < 4.78 is 31.0. The lowest BCUT2D eigenvalue weighted by molar-refractivity contribution is -0.134. The Kier molecular flexibility index (Phi) is 6.41. The quantitative estimate of drug-likeness (QED) is 0.810. The van der Waals surface area contributed by atoms with Crippen LogP contribution in [0.25, 0.3) is 0 Å². The predicted octanol–water partition coefficient (Wildman–Crippen LogP) is 1.24. The van der Waals surface area contributed by atoms with E-state index in [1.165, 1.54) is 0 Å². The Morgan fingerprint density at radius 3 is 2.52 bits per heavy atom. The van der Waals surface area contributed by atoms with E-state index in [1.807, 2.05) is 30.3 Å². The van der Waals surface area contributed by atoms with Crippen LogP contribution in [0.15, 0.2) is 30.3 Å². The molecule has 7 heteroatoms. The van der Waals surface area contributed by atoms with Crippen molar-refractivity contribution < 1.29 is 17.9 Å². The molecule has 1 aliphatic rings. The van der Waals surface area contributed by atoms with E-state index in [-0.39, 0.29) is 24.2 Å². The average molecular weight is 340 g/mol. The summed E-state index contributed by atoms with van der Waals surface area (Å²) in [5.74, 6) is 1.04. The number of piperidine rings is 1. The van der Waals surface area contributed by atoms with Gasteiger partial charge in [-0.05, 0) is 37.8 Å². The molecular formula is C16H24N2O4S. The molecule has 128 valence electrons. The van der Waals surface area contributed by atoms with E-state index in [9.17, 15) is 13.2 Å². The molecule has 0 bridgehead atoms. The molecule has 1 aromatic rings. The van der Waals surface area contributed by atoms with Crippen molar-refractivity contribution in [1.82, 2.24) is 9.62 Å². The number of para-hydroxylation sites is 1. The van der Waals surface area contributed by atoms with Gasteiger partial charge in [-0.3, -0.25) is 4.79 Å². The van der Waals surface area contributed by atoms with Gasteiger partial charge in [-0.15, -0.1) is 0 Å². The summed E-state index contributed by atoms with van der Waals surface area (Å²) in [5.41, 5.74) is 0. The SMILES string of the molecule is CCS(=O)(=O)NCC1CCN(C(=O)COc2ccccc2)CC1. The fraction of sp³-hybridized carbons (Fsp3) is 0.562. The van der Waals surface area contributed by atoms with Crippen LogP contribution >= 0.6 is 0 Å². The molecule has 0 aliphatic carbocycles. The Balaban J connectivity index is 1.70. The topological polar surface area (TPSA) is 75.7 Å². The number of carbonyl (C=O) groups excluding carboxylic acids is 1. The van der Waals surface area contributed by atoms with Gasteiger partial charge in [-0.2, -0.15) is 0 Å². The first-order valence-corrected chi connectivity index (χ1v) is 9.58. The first-order valence-electron chi connectivity index (χ1n) is 7.93. The molecule has 23 heavy (non-hydrogen) atoms. The monoisotopic (exact) mass is 340 g/mol. The lowest BCUT2D eigenvalue weighted by atomic mass is 9.97. The number of benzene rings is 1. The Labute approximate surface area is 137 Å². The summed E-state index contributed by atoms with van der Waals surface area (Å²) in [6.45, 7) is 3.41. The summed E-state index contributed by atoms with van der Waals surface area (Å²) >= 11 is 0. The molecule has 0 aromatic heterocycles. The Hall–Kier alpha value is -1.60. The van der Waals surface area contributed by atoms with Crippen LogP contribution in [0.3, 0.4) is 0 Å². The summed E-state index contributed by atoms with van der Waals surface area (Å²) in [6.07, 6.45) is 1.62. The zero-order chi connectivity index (χ0) is 16.7. The molecular weight excluding hydrogens is 316 g/mol. The van der Waals surface area contributed by atoms with Gasteiger partial charge in [0.05, 0.1) is 5.75 Å². The third-order valence-electron chi connectivity index (χ3n) is 4.04. The highest BCUT2D eigenvalue weighted by atomic mass is 32.2. The number of rotatable bonds is 7. The summed E-state index contributed by atoms with van der Waals surface area (Å²) in [4.78, 5) is 13.9. The molecule has 1 saturated heterocycles. The Morgan fingerprint density at radius 2 is 1.91 bits per heavy atom. The fourth-order valence-electron chi connectivity index (χ4n) is 2.49. The number of hydrogen-bond acceptors (Lipinski definition) is 4. The van der Waals surface area contributed by atoms with Gasteiger partial charge >= 0.3 is 0 Å². The largest absolute Gasteiger partial charge is 0.484 e. The van der Waals surface area contributed by atoms with E-state index in [4.69, 9.17) is 4.74 Å². The highest BCUT2D eigenvalue weighted by Crippen LogP contribution is 2.17. The second-order valence-corrected chi connectivity index (χ2v) is 7.77. The van der Waals surface area contributed by atoms with E-state index in [0.29, 0.717) is 25.4 Å². The van der Waals surface area contributed by atoms with E-state index in [2.05, 4.69) is 4.72 Å². The molecule has 1 heterocycles. The molecule has 0 spiro atoms. The molecule has 1 aliphatic heterocycles. The number of nitrogens with zero attached hydrogens (tertiary/aromatic N) is 1. The van der Waals surface area contributed by atoms with Crippen LogP contribution in [0.1, 0.15) is 19.8 Å². The van der Waals surface area contributed by atoms with Gasteiger partial charge in [-0.1, -0.05) is 18.2 Å². The average Bonchev–Trinajstić information content (AvgIpc) is 2.59. The van der Waals surface area contributed by atoms with Crippen molar-refractivity contribution in [3.63, 3.8) is 0 Å². The highest BCUT2D eigenvalue weighted by Gasteiger charge is 2.23. The normalized spacial score (nSPS) is 16.3. The van der Waals surface area contributed by atoms with Crippen molar-refractivity contribution >= 4 is 15.9 Å². The third kappa shape index (κ3) is 5.84. The fourth-order valence-corrected chi connectivity index (χ4v) is 3.18. The molecule has 2 rings (SSSR count). The number of hydrogen-bond donors (Lipinski definition) is 1. The van der Waals surface area contributed by atoms with E-state index >= 15 is 0 Å². The summed E-state index contributed by atoms with van der Waals surface area (Å²) in [5, 5.41) is 0. The minimum absolute atomic E-state index is 0.0264. The lowest BCUT2D eigenvalue weighted by Gasteiger charge is -2.32. The molecule has 1 N–H and O–H groups in total. The van der Waals surface area contributed by atoms with Crippen molar-refractivity contribution in [3.8, 4) is 5.75 Å². The van der Waals surface area contributed by atoms with Crippen LogP contribution < -0.4 is 9.46 Å². The Bertz CT molecular complexity index is 596. The van der Waals surface area contributed by atoms with Crippen molar-refractivity contribution in [1.29, 1.82) is 0 Å². The number of sulfonamides is 1. The smallest absolute Gasteiger partial charge is 0.260 e. The predicted molar refractivity (Wildman–Crippen MR) is 88.7 cm³/mol. The number of nitrogens with one attached hydrogen (secondary N) is 1. The lowest BCUT2D eigenvalue weighted by Crippen LogP contribution is -2.43. The first kappa shape index (κ1) is 17.7. The molecule has 0 radical (unpaired) electrons. The van der Waals surface area contributed by atoms with E-state index in [0.717, 1.165) is 12.8 Å². The molecule has 1 aromatic carbocycles. The maximum Gasteiger partial charge on any atom is 0.260 e. The second-order valence-electron chi connectivity index (χ2n) is 5.68. The number of amides is 1. The van der Waals surface area contributed by atoms with Crippen molar-refractivity contribution in [2.75, 3.05) is 32.0 Å². The van der Waals surface area contributed by atoms with Gasteiger partial charge in [-0.25, -0.2) is 13.1 Å². The number of ether oxygens (including phenoxy) is 1. The third-order valence-corrected chi connectivity index (χ3v) is 5.41. The standard InChI is InChI=1S/C16H24N2O4S/c1-2-23(20,21)17-12-14-8-10-18(11-9-14)16(19)13-22-15-6-4-3-5-7-15/h3-7,14,17H,2,8-13H2,1H3. The van der Waals surface area contributed by atoms with Crippen molar-refractivity contribution in [2.45, 2.75) is 19.8 Å². The zero-order valence-electron chi connectivity index (χ0n) is 13.4. The highest BCUT2D eigenvalue weighted by molar-refractivity contribution is 7.89. The molecule has 1 amide bonds. The van der Waals surface area contributed by atoms with Crippen LogP contribution in [0.5, 0.6) is 5.75 Å².